The monoisotopic (exact) mass is 168 g/mol. The minimum absolute atomic E-state index is 0.283. The molecule has 0 bridgehead atoms. The Hall–Kier alpha value is -1.52. The molecular formula is C7H10N3O2. The van der Waals surface area contributed by atoms with E-state index >= 15 is 0 Å². The first kappa shape index (κ1) is 8.58. The second-order valence-electron chi connectivity index (χ2n) is 2.18. The van der Waals surface area contributed by atoms with Crippen LogP contribution in [0.4, 0.5) is 10.7 Å². The lowest BCUT2D eigenvalue weighted by atomic mass is 10.6. The van der Waals surface area contributed by atoms with E-state index in [2.05, 4.69) is 20.0 Å². The van der Waals surface area contributed by atoms with Crippen molar-refractivity contribution in [1.29, 1.82) is 0 Å². The summed E-state index contributed by atoms with van der Waals surface area (Å²) < 4.78 is 4.59. The smallest absolute Gasteiger partial charge is 0.436 e. The number of rotatable bonds is 2. The standard InChI is InChI=1S/C7H10N3O2/c1-3-12-7(11)10-6-8-4-5(2)9-6/h4H,3H2,1-2H3,(H,8,9). The van der Waals surface area contributed by atoms with E-state index in [0.717, 1.165) is 5.69 Å². The summed E-state index contributed by atoms with van der Waals surface area (Å²) in [4.78, 5) is 17.4. The number of aromatic amines is 1. The molecule has 0 atom stereocenters. The Morgan fingerprint density at radius 1 is 1.83 bits per heavy atom. The predicted octanol–water partition coefficient (Wildman–Crippen LogP) is 1.11. The van der Waals surface area contributed by atoms with E-state index in [0.29, 0.717) is 6.61 Å². The van der Waals surface area contributed by atoms with Gasteiger partial charge in [-0.15, -0.1) is 5.32 Å². The SMILES string of the molecule is CCOC(=O)[N]c1nc(C)c[nH]1. The van der Waals surface area contributed by atoms with Crippen LogP contribution < -0.4 is 5.32 Å². The molecule has 1 rings (SSSR count). The zero-order valence-electron chi connectivity index (χ0n) is 7.00. The quantitative estimate of drug-likeness (QED) is 0.719. The van der Waals surface area contributed by atoms with Gasteiger partial charge in [0.2, 0.25) is 5.95 Å². The van der Waals surface area contributed by atoms with E-state index in [4.69, 9.17) is 0 Å². The number of aryl methyl sites for hydroxylation is 1. The van der Waals surface area contributed by atoms with Gasteiger partial charge < -0.3 is 9.72 Å². The molecule has 5 heteroatoms. The number of H-pyrrole nitrogens is 1. The van der Waals surface area contributed by atoms with Crippen molar-refractivity contribution in [3.63, 3.8) is 0 Å². The molecule has 0 fully saturated rings. The van der Waals surface area contributed by atoms with E-state index in [-0.39, 0.29) is 5.95 Å². The van der Waals surface area contributed by atoms with Gasteiger partial charge in [-0.2, -0.15) is 0 Å². The van der Waals surface area contributed by atoms with Gasteiger partial charge in [-0.3, -0.25) is 0 Å². The van der Waals surface area contributed by atoms with Gasteiger partial charge in [-0.05, 0) is 13.8 Å². The third-order valence-corrected chi connectivity index (χ3v) is 1.16. The zero-order valence-corrected chi connectivity index (χ0v) is 7.00. The second kappa shape index (κ2) is 3.75. The van der Waals surface area contributed by atoms with Crippen molar-refractivity contribution in [2.75, 3.05) is 6.61 Å². The van der Waals surface area contributed by atoms with Gasteiger partial charge in [-0.1, -0.05) is 0 Å². The Balaban J connectivity index is 2.46. The van der Waals surface area contributed by atoms with Gasteiger partial charge in [0.1, 0.15) is 0 Å². The maximum Gasteiger partial charge on any atom is 0.436 e. The minimum atomic E-state index is -0.619. The number of imidazole rings is 1. The highest BCUT2D eigenvalue weighted by Crippen LogP contribution is 2.00. The van der Waals surface area contributed by atoms with Crippen LogP contribution in [0.5, 0.6) is 0 Å². The van der Waals surface area contributed by atoms with Crippen LogP contribution in [0.15, 0.2) is 6.20 Å². The molecule has 65 valence electrons. The molecular weight excluding hydrogens is 158 g/mol. The first-order valence-corrected chi connectivity index (χ1v) is 3.63. The van der Waals surface area contributed by atoms with Crippen molar-refractivity contribution in [2.45, 2.75) is 13.8 Å². The third kappa shape index (κ3) is 2.26. The number of nitrogens with zero attached hydrogens (tertiary/aromatic N) is 2. The number of aromatic nitrogens is 2. The highest BCUT2D eigenvalue weighted by Gasteiger charge is 2.06. The summed E-state index contributed by atoms with van der Waals surface area (Å²) in [5.74, 6) is 0.283. The number of ether oxygens (including phenoxy) is 1. The van der Waals surface area contributed by atoms with Crippen LogP contribution in [0.1, 0.15) is 12.6 Å². The maximum atomic E-state index is 10.8. The van der Waals surface area contributed by atoms with Crippen molar-refractivity contribution in [1.82, 2.24) is 15.3 Å². The Kier molecular flexibility index (Phi) is 2.68. The topological polar surface area (TPSA) is 69.1 Å². The fraction of sp³-hybridized carbons (Fsp3) is 0.429. The molecule has 0 aliphatic carbocycles. The van der Waals surface area contributed by atoms with E-state index in [1.165, 1.54) is 0 Å². The van der Waals surface area contributed by atoms with Crippen molar-refractivity contribution in [3.05, 3.63) is 11.9 Å². The van der Waals surface area contributed by atoms with Crippen LogP contribution in [0.25, 0.3) is 0 Å². The molecule has 1 aromatic rings. The molecule has 0 unspecified atom stereocenters. The van der Waals surface area contributed by atoms with E-state index in [1.807, 2.05) is 0 Å². The largest absolute Gasteiger partial charge is 0.448 e. The molecule has 0 saturated carbocycles. The van der Waals surface area contributed by atoms with Gasteiger partial charge in [0.05, 0.1) is 12.3 Å². The van der Waals surface area contributed by atoms with Gasteiger partial charge in [0.15, 0.2) is 0 Å². The molecule has 1 heterocycles. The summed E-state index contributed by atoms with van der Waals surface area (Å²) >= 11 is 0. The summed E-state index contributed by atoms with van der Waals surface area (Å²) in [6.07, 6.45) is 1.05. The molecule has 1 radical (unpaired) electrons. The first-order valence-electron chi connectivity index (χ1n) is 3.63. The molecule has 0 spiro atoms. The highest BCUT2D eigenvalue weighted by atomic mass is 16.5. The van der Waals surface area contributed by atoms with E-state index < -0.39 is 6.09 Å². The Morgan fingerprint density at radius 3 is 3.08 bits per heavy atom. The average molecular weight is 168 g/mol. The maximum absolute atomic E-state index is 10.8. The lowest BCUT2D eigenvalue weighted by Crippen LogP contribution is -2.13. The Bertz CT molecular complexity index is 269. The van der Waals surface area contributed by atoms with Crippen LogP contribution in [0.2, 0.25) is 0 Å². The fourth-order valence-corrected chi connectivity index (χ4v) is 0.700. The second-order valence-corrected chi connectivity index (χ2v) is 2.18. The lowest BCUT2D eigenvalue weighted by Gasteiger charge is -1.96. The molecule has 0 aliphatic heterocycles. The van der Waals surface area contributed by atoms with E-state index in [9.17, 15) is 4.79 Å². The number of hydrogen-bond donors (Lipinski definition) is 1. The van der Waals surface area contributed by atoms with Gasteiger partial charge in [0, 0.05) is 6.20 Å². The molecule has 1 amide bonds. The van der Waals surface area contributed by atoms with E-state index in [1.54, 1.807) is 20.0 Å². The summed E-state index contributed by atoms with van der Waals surface area (Å²) in [6, 6.07) is 0. The number of amides is 1. The summed E-state index contributed by atoms with van der Waals surface area (Å²) in [6.45, 7) is 3.85. The van der Waals surface area contributed by atoms with Crippen molar-refractivity contribution >= 4 is 12.0 Å². The minimum Gasteiger partial charge on any atom is -0.448 e. The van der Waals surface area contributed by atoms with Gasteiger partial charge in [0.25, 0.3) is 0 Å². The van der Waals surface area contributed by atoms with Crippen LogP contribution in [0, 0.1) is 6.92 Å². The number of carbonyl (C=O) groups excluding carboxylic acids is 1. The molecule has 1 N–H and O–H groups in total. The highest BCUT2D eigenvalue weighted by molar-refractivity contribution is 5.71. The Morgan fingerprint density at radius 2 is 2.58 bits per heavy atom. The molecule has 12 heavy (non-hydrogen) atoms. The number of carbonyl (C=O) groups is 1. The fourth-order valence-electron chi connectivity index (χ4n) is 0.700. The molecule has 0 aromatic carbocycles. The van der Waals surface area contributed by atoms with Crippen LogP contribution in [-0.4, -0.2) is 22.7 Å². The van der Waals surface area contributed by atoms with Crippen LogP contribution >= 0.6 is 0 Å². The third-order valence-electron chi connectivity index (χ3n) is 1.16. The molecule has 0 aliphatic rings. The van der Waals surface area contributed by atoms with Crippen molar-refractivity contribution in [2.24, 2.45) is 0 Å². The molecule has 0 saturated heterocycles. The van der Waals surface area contributed by atoms with Crippen LogP contribution in [-0.2, 0) is 4.74 Å². The first-order chi connectivity index (χ1) is 5.72. The molecule has 1 aromatic heterocycles. The Labute approximate surface area is 70.1 Å². The molecule has 5 nitrogen and oxygen atoms in total. The lowest BCUT2D eigenvalue weighted by molar-refractivity contribution is 0.155. The normalized spacial score (nSPS) is 9.50. The summed E-state index contributed by atoms with van der Waals surface area (Å²) in [7, 11) is 0. The number of nitrogens with one attached hydrogen (secondary N) is 1. The van der Waals surface area contributed by atoms with Crippen molar-refractivity contribution < 1.29 is 9.53 Å². The van der Waals surface area contributed by atoms with Gasteiger partial charge >= 0.3 is 6.09 Å². The predicted molar refractivity (Wildman–Crippen MR) is 42.1 cm³/mol. The van der Waals surface area contributed by atoms with Crippen molar-refractivity contribution in [3.8, 4) is 0 Å². The average Bonchev–Trinajstić information content (AvgIpc) is 2.36. The summed E-state index contributed by atoms with van der Waals surface area (Å²) in [5, 5.41) is 3.54. The zero-order chi connectivity index (χ0) is 8.97. The number of hydrogen-bond acceptors (Lipinski definition) is 3. The van der Waals surface area contributed by atoms with Gasteiger partial charge in [-0.25, -0.2) is 9.78 Å². The summed E-state index contributed by atoms with van der Waals surface area (Å²) in [5.41, 5.74) is 0.790. The van der Waals surface area contributed by atoms with Crippen LogP contribution in [0.3, 0.4) is 0 Å².